The molecule has 5 nitrogen and oxygen atoms in total. The summed E-state index contributed by atoms with van der Waals surface area (Å²) < 4.78 is 25.5. The van der Waals surface area contributed by atoms with E-state index < -0.39 is 22.0 Å². The molecule has 0 aromatic heterocycles. The molecule has 1 aliphatic heterocycles. The molecule has 0 aliphatic carbocycles. The molecule has 1 aliphatic rings. The maximum atomic E-state index is 12.1. The normalized spacial score (nSPS) is 24.5. The van der Waals surface area contributed by atoms with Gasteiger partial charge in [0.25, 0.3) is 0 Å². The molecular formula is C10H19ClN2O3S. The molecule has 2 unspecified atom stereocenters. The van der Waals surface area contributed by atoms with Gasteiger partial charge in [-0.2, -0.15) is 4.31 Å². The van der Waals surface area contributed by atoms with Gasteiger partial charge in [0.05, 0.1) is 5.75 Å². The third kappa shape index (κ3) is 3.82. The first-order valence-corrected chi connectivity index (χ1v) is 7.87. The molecule has 7 heteroatoms. The number of hydrogen-bond donors (Lipinski definition) is 1. The van der Waals surface area contributed by atoms with Crippen LogP contribution >= 0.6 is 11.6 Å². The van der Waals surface area contributed by atoms with E-state index in [1.165, 1.54) is 4.31 Å². The molecule has 1 heterocycles. The molecule has 0 aromatic carbocycles. The van der Waals surface area contributed by atoms with E-state index in [-0.39, 0.29) is 17.6 Å². The average molecular weight is 283 g/mol. The molecule has 2 N–H and O–H groups in total. The Bertz CT molecular complexity index is 372. The Labute approximate surface area is 107 Å². The minimum atomic E-state index is -3.44. The van der Waals surface area contributed by atoms with Gasteiger partial charge in [-0.3, -0.25) is 4.79 Å². The van der Waals surface area contributed by atoms with Crippen molar-refractivity contribution in [2.75, 3.05) is 18.2 Å². The minimum absolute atomic E-state index is 0.0275. The third-order valence-electron chi connectivity index (χ3n) is 2.90. The molecule has 1 amide bonds. The summed E-state index contributed by atoms with van der Waals surface area (Å²) in [7, 11) is -3.44. The van der Waals surface area contributed by atoms with Crippen LogP contribution in [0.2, 0.25) is 0 Å². The number of hydrogen-bond acceptors (Lipinski definition) is 3. The zero-order valence-corrected chi connectivity index (χ0v) is 11.5. The molecular weight excluding hydrogens is 264 g/mol. The molecule has 1 rings (SSSR count). The van der Waals surface area contributed by atoms with Gasteiger partial charge in [0.15, 0.2) is 0 Å². The van der Waals surface area contributed by atoms with Crippen LogP contribution in [0.5, 0.6) is 0 Å². The SMILES string of the molecule is CC(CCl)CS(=O)(=O)N1CCCCC1C(N)=O. The summed E-state index contributed by atoms with van der Waals surface area (Å²) in [4.78, 5) is 11.3. The van der Waals surface area contributed by atoms with Crippen LogP contribution < -0.4 is 5.73 Å². The van der Waals surface area contributed by atoms with E-state index in [1.807, 2.05) is 0 Å². The molecule has 0 spiro atoms. The van der Waals surface area contributed by atoms with Gasteiger partial charge in [0.2, 0.25) is 15.9 Å². The van der Waals surface area contributed by atoms with E-state index in [9.17, 15) is 13.2 Å². The maximum Gasteiger partial charge on any atom is 0.235 e. The van der Waals surface area contributed by atoms with Gasteiger partial charge in [-0.15, -0.1) is 11.6 Å². The number of nitrogens with two attached hydrogens (primary N) is 1. The standard InChI is InChI=1S/C10H19ClN2O3S/c1-8(6-11)7-17(15,16)13-5-3-2-4-9(13)10(12)14/h8-9H,2-7H2,1H3,(H2,12,14). The van der Waals surface area contributed by atoms with Crippen molar-refractivity contribution < 1.29 is 13.2 Å². The summed E-state index contributed by atoms with van der Waals surface area (Å²) >= 11 is 5.62. The predicted molar refractivity (Wildman–Crippen MR) is 67.2 cm³/mol. The van der Waals surface area contributed by atoms with Gasteiger partial charge >= 0.3 is 0 Å². The average Bonchev–Trinajstić information content (AvgIpc) is 2.28. The number of primary amides is 1. The van der Waals surface area contributed by atoms with E-state index in [0.29, 0.717) is 13.0 Å². The lowest BCUT2D eigenvalue weighted by Crippen LogP contribution is -2.51. The number of carbonyl (C=O) groups excluding carboxylic acids is 1. The second kappa shape index (κ2) is 6.02. The molecule has 0 saturated carbocycles. The van der Waals surface area contributed by atoms with E-state index in [1.54, 1.807) is 6.92 Å². The number of carbonyl (C=O) groups is 1. The van der Waals surface area contributed by atoms with Crippen molar-refractivity contribution in [2.24, 2.45) is 11.7 Å². The molecule has 0 bridgehead atoms. The fraction of sp³-hybridized carbons (Fsp3) is 0.900. The molecule has 100 valence electrons. The summed E-state index contributed by atoms with van der Waals surface area (Å²) in [6.07, 6.45) is 2.13. The van der Waals surface area contributed by atoms with Crippen LogP contribution in [-0.2, 0) is 14.8 Å². The van der Waals surface area contributed by atoms with Gasteiger partial charge in [0.1, 0.15) is 6.04 Å². The minimum Gasteiger partial charge on any atom is -0.368 e. The van der Waals surface area contributed by atoms with Crippen LogP contribution in [0.3, 0.4) is 0 Å². The van der Waals surface area contributed by atoms with Crippen LogP contribution in [0.4, 0.5) is 0 Å². The fourth-order valence-corrected chi connectivity index (χ4v) is 4.29. The number of halogens is 1. The Hall–Kier alpha value is -0.330. The topological polar surface area (TPSA) is 80.5 Å². The second-order valence-corrected chi connectivity index (χ2v) is 6.84. The van der Waals surface area contributed by atoms with Gasteiger partial charge in [-0.1, -0.05) is 13.3 Å². The van der Waals surface area contributed by atoms with Gasteiger partial charge in [0, 0.05) is 12.4 Å². The van der Waals surface area contributed by atoms with Gasteiger partial charge in [-0.05, 0) is 18.8 Å². The largest absolute Gasteiger partial charge is 0.368 e. The van der Waals surface area contributed by atoms with Crippen molar-refractivity contribution in [3.05, 3.63) is 0 Å². The van der Waals surface area contributed by atoms with Crippen molar-refractivity contribution in [2.45, 2.75) is 32.2 Å². The summed E-state index contributed by atoms with van der Waals surface area (Å²) in [6.45, 7) is 2.15. The van der Waals surface area contributed by atoms with E-state index >= 15 is 0 Å². The van der Waals surface area contributed by atoms with Crippen LogP contribution in [-0.4, -0.2) is 42.8 Å². The molecule has 0 aromatic rings. The third-order valence-corrected chi connectivity index (χ3v) is 5.57. The lowest BCUT2D eigenvalue weighted by Gasteiger charge is -2.33. The summed E-state index contributed by atoms with van der Waals surface area (Å²) in [6, 6.07) is -0.684. The first-order valence-electron chi connectivity index (χ1n) is 5.73. The molecule has 1 fully saturated rings. The second-order valence-electron chi connectivity index (χ2n) is 4.56. The monoisotopic (exact) mass is 282 g/mol. The van der Waals surface area contributed by atoms with Gasteiger partial charge < -0.3 is 5.73 Å². The summed E-state index contributed by atoms with van der Waals surface area (Å²) in [5.41, 5.74) is 5.25. The first kappa shape index (κ1) is 14.7. The van der Waals surface area contributed by atoms with Crippen molar-refractivity contribution in [3.8, 4) is 0 Å². The summed E-state index contributed by atoms with van der Waals surface area (Å²) in [5.74, 6) is -0.432. The Kier molecular flexibility index (Phi) is 5.22. The number of rotatable bonds is 5. The van der Waals surface area contributed by atoms with Crippen LogP contribution in [0, 0.1) is 5.92 Å². The van der Waals surface area contributed by atoms with Crippen molar-refractivity contribution in [1.29, 1.82) is 0 Å². The van der Waals surface area contributed by atoms with Crippen LogP contribution in [0.25, 0.3) is 0 Å². The molecule has 1 saturated heterocycles. The Morgan fingerprint density at radius 3 is 2.71 bits per heavy atom. The van der Waals surface area contributed by atoms with Crippen molar-refractivity contribution in [1.82, 2.24) is 4.31 Å². The lowest BCUT2D eigenvalue weighted by molar-refractivity contribution is -0.122. The zero-order valence-electron chi connectivity index (χ0n) is 9.93. The van der Waals surface area contributed by atoms with Crippen molar-refractivity contribution >= 4 is 27.5 Å². The highest BCUT2D eigenvalue weighted by atomic mass is 35.5. The highest BCUT2D eigenvalue weighted by Gasteiger charge is 2.35. The Morgan fingerprint density at radius 1 is 1.53 bits per heavy atom. The van der Waals surface area contributed by atoms with E-state index in [4.69, 9.17) is 17.3 Å². The molecule has 17 heavy (non-hydrogen) atoms. The highest BCUT2D eigenvalue weighted by Crippen LogP contribution is 2.22. The smallest absolute Gasteiger partial charge is 0.235 e. The highest BCUT2D eigenvalue weighted by molar-refractivity contribution is 7.89. The predicted octanol–water partition coefficient (Wildman–Crippen LogP) is 0.531. The summed E-state index contributed by atoms with van der Waals surface area (Å²) in [5, 5.41) is 0. The van der Waals surface area contributed by atoms with Crippen LogP contribution in [0.15, 0.2) is 0 Å². The van der Waals surface area contributed by atoms with Crippen LogP contribution in [0.1, 0.15) is 26.2 Å². The number of amides is 1. The lowest BCUT2D eigenvalue weighted by atomic mass is 10.0. The van der Waals surface area contributed by atoms with E-state index in [0.717, 1.165) is 12.8 Å². The number of piperidine rings is 1. The fourth-order valence-electron chi connectivity index (χ4n) is 2.02. The Morgan fingerprint density at radius 2 is 2.18 bits per heavy atom. The Balaban J connectivity index is 2.83. The number of sulfonamides is 1. The first-order chi connectivity index (χ1) is 7.88. The molecule has 0 radical (unpaired) electrons. The van der Waals surface area contributed by atoms with Gasteiger partial charge in [-0.25, -0.2) is 8.42 Å². The van der Waals surface area contributed by atoms with E-state index in [2.05, 4.69) is 0 Å². The van der Waals surface area contributed by atoms with Crippen molar-refractivity contribution in [3.63, 3.8) is 0 Å². The molecule has 2 atom stereocenters. The number of nitrogens with zero attached hydrogens (tertiary/aromatic N) is 1. The zero-order chi connectivity index (χ0) is 13.1. The number of alkyl halides is 1. The maximum absolute atomic E-state index is 12.1. The quantitative estimate of drug-likeness (QED) is 0.747.